The first kappa shape index (κ1) is 14.5. The average molecular weight is 300 g/mol. The molecule has 1 N–H and O–H groups in total. The number of benzene rings is 1. The van der Waals surface area contributed by atoms with Gasteiger partial charge in [-0.05, 0) is 30.1 Å². The van der Waals surface area contributed by atoms with E-state index < -0.39 is 13.1 Å². The van der Waals surface area contributed by atoms with Gasteiger partial charge in [0.1, 0.15) is 5.75 Å². The molecule has 1 aliphatic rings. The summed E-state index contributed by atoms with van der Waals surface area (Å²) in [6, 6.07) is 5.33. The van der Waals surface area contributed by atoms with Gasteiger partial charge in [-0.25, -0.2) is 14.8 Å². The molecule has 22 heavy (non-hydrogen) atoms. The molecule has 0 spiro atoms. The molecule has 1 aliphatic heterocycles. The Hall–Kier alpha value is -2.45. The molecule has 1 aromatic carbocycles. The maximum atomic E-state index is 11.5. The number of ether oxygens (including phenoxy) is 2. The minimum absolute atomic E-state index is 0.0985. The molecule has 7 nitrogen and oxygen atoms in total. The Morgan fingerprint density at radius 3 is 2.91 bits per heavy atom. The second-order valence-electron chi connectivity index (χ2n) is 4.60. The van der Waals surface area contributed by atoms with Crippen LogP contribution in [0.1, 0.15) is 22.8 Å². The van der Waals surface area contributed by atoms with Gasteiger partial charge in [0.15, 0.2) is 0 Å². The van der Waals surface area contributed by atoms with Crippen molar-refractivity contribution < 1.29 is 23.9 Å². The first-order valence-corrected chi connectivity index (χ1v) is 6.77. The molecule has 2 heterocycles. The van der Waals surface area contributed by atoms with Crippen LogP contribution in [0, 0.1) is 0 Å². The molecule has 0 bridgehead atoms. The highest BCUT2D eigenvalue weighted by Crippen LogP contribution is 2.20. The van der Waals surface area contributed by atoms with Crippen molar-refractivity contribution in [3.8, 4) is 11.8 Å². The molecule has 1 aromatic heterocycles. The first-order chi connectivity index (χ1) is 10.7. The zero-order valence-corrected chi connectivity index (χ0v) is 11.9. The summed E-state index contributed by atoms with van der Waals surface area (Å²) >= 11 is 0. The van der Waals surface area contributed by atoms with Gasteiger partial charge in [-0.3, -0.25) is 0 Å². The number of carbonyl (C=O) groups is 1. The van der Waals surface area contributed by atoms with Gasteiger partial charge in [0, 0.05) is 12.4 Å². The number of carbonyl (C=O) groups excluding carboxylic acids is 1. The number of hydrogen-bond donors (Lipinski definition) is 1. The molecule has 0 fully saturated rings. The van der Waals surface area contributed by atoms with E-state index in [1.54, 1.807) is 19.1 Å². The maximum absolute atomic E-state index is 11.5. The third-order valence-electron chi connectivity index (χ3n) is 3.13. The molecule has 112 valence electrons. The van der Waals surface area contributed by atoms with Gasteiger partial charge in [-0.2, -0.15) is 0 Å². The van der Waals surface area contributed by atoms with Gasteiger partial charge in [0.2, 0.25) is 0 Å². The van der Waals surface area contributed by atoms with Gasteiger partial charge in [0.05, 0.1) is 18.8 Å². The number of nitrogens with zero attached hydrogens (tertiary/aromatic N) is 2. The van der Waals surface area contributed by atoms with Gasteiger partial charge in [-0.1, -0.05) is 6.07 Å². The van der Waals surface area contributed by atoms with Crippen LogP contribution in [0.2, 0.25) is 0 Å². The monoisotopic (exact) mass is 300 g/mol. The van der Waals surface area contributed by atoms with E-state index in [1.807, 2.05) is 6.07 Å². The first-order valence-electron chi connectivity index (χ1n) is 6.77. The molecule has 0 radical (unpaired) electrons. The van der Waals surface area contributed by atoms with Gasteiger partial charge < -0.3 is 19.2 Å². The molecule has 2 aromatic rings. The predicted octanol–water partition coefficient (Wildman–Crippen LogP) is 0.663. The summed E-state index contributed by atoms with van der Waals surface area (Å²) in [6.07, 6.45) is 2.68. The van der Waals surface area contributed by atoms with E-state index in [4.69, 9.17) is 14.1 Å². The van der Waals surface area contributed by atoms with Gasteiger partial charge >= 0.3 is 19.1 Å². The van der Waals surface area contributed by atoms with Crippen molar-refractivity contribution in [2.75, 3.05) is 6.61 Å². The Morgan fingerprint density at radius 1 is 1.41 bits per heavy atom. The van der Waals surface area contributed by atoms with Gasteiger partial charge in [0.25, 0.3) is 0 Å². The summed E-state index contributed by atoms with van der Waals surface area (Å²) in [4.78, 5) is 19.4. The van der Waals surface area contributed by atoms with Gasteiger partial charge in [-0.15, -0.1) is 0 Å². The minimum atomic E-state index is -0.939. The summed E-state index contributed by atoms with van der Waals surface area (Å²) in [6.45, 7) is 2.39. The lowest BCUT2D eigenvalue weighted by molar-refractivity contribution is 0.0525. The Bertz CT molecular complexity index is 692. The lowest BCUT2D eigenvalue weighted by Gasteiger charge is -2.06. The number of fused-ring (bicyclic) bond motifs is 1. The van der Waals surface area contributed by atoms with Crippen LogP contribution in [-0.2, 0) is 16.0 Å². The molecular formula is C14H13BN2O5. The van der Waals surface area contributed by atoms with E-state index in [-0.39, 0.29) is 18.2 Å². The highest BCUT2D eigenvalue weighted by Gasteiger charge is 2.27. The topological polar surface area (TPSA) is 90.8 Å². The highest BCUT2D eigenvalue weighted by molar-refractivity contribution is 6.61. The van der Waals surface area contributed by atoms with Crippen molar-refractivity contribution in [1.82, 2.24) is 9.97 Å². The SMILES string of the molecule is CCOC(=O)c1cnc(Oc2ccc3c(c2)B(O)OC3)nc1. The predicted molar refractivity (Wildman–Crippen MR) is 76.9 cm³/mol. The lowest BCUT2D eigenvalue weighted by Crippen LogP contribution is -2.27. The number of hydrogen-bond acceptors (Lipinski definition) is 7. The molecule has 0 aliphatic carbocycles. The standard InChI is InChI=1S/C14H13BN2O5/c1-2-20-13(18)10-6-16-14(17-7-10)22-11-4-3-9-8-21-15(19)12(9)5-11/h3-7,19H,2,8H2,1H3. The van der Waals surface area contributed by atoms with E-state index in [0.29, 0.717) is 17.8 Å². The third-order valence-corrected chi connectivity index (χ3v) is 3.13. The summed E-state index contributed by atoms with van der Waals surface area (Å²) in [5.41, 5.74) is 1.84. The van der Waals surface area contributed by atoms with Crippen LogP contribution in [0.25, 0.3) is 0 Å². The number of rotatable bonds is 4. The Morgan fingerprint density at radius 2 is 2.18 bits per heavy atom. The lowest BCUT2D eigenvalue weighted by atomic mass is 9.79. The third kappa shape index (κ3) is 2.93. The fourth-order valence-corrected chi connectivity index (χ4v) is 2.05. The Labute approximate surface area is 127 Å². The molecule has 0 unspecified atom stereocenters. The summed E-state index contributed by atoms with van der Waals surface area (Å²) in [5.74, 6) is -0.000892. The molecule has 0 amide bonds. The fraction of sp³-hybridized carbons (Fsp3) is 0.214. The molecular weight excluding hydrogens is 287 g/mol. The fourth-order valence-electron chi connectivity index (χ4n) is 2.05. The Balaban J connectivity index is 1.74. The van der Waals surface area contributed by atoms with Crippen LogP contribution in [0.5, 0.6) is 11.8 Å². The van der Waals surface area contributed by atoms with E-state index in [9.17, 15) is 9.82 Å². The van der Waals surface area contributed by atoms with Crippen molar-refractivity contribution in [1.29, 1.82) is 0 Å². The van der Waals surface area contributed by atoms with Crippen molar-refractivity contribution >= 4 is 18.6 Å². The highest BCUT2D eigenvalue weighted by atomic mass is 16.5. The van der Waals surface area contributed by atoms with Crippen molar-refractivity contribution in [2.24, 2.45) is 0 Å². The zero-order chi connectivity index (χ0) is 15.5. The summed E-state index contributed by atoms with van der Waals surface area (Å²) < 4.78 is 15.5. The second kappa shape index (κ2) is 6.12. The van der Waals surface area contributed by atoms with Crippen LogP contribution >= 0.6 is 0 Å². The van der Waals surface area contributed by atoms with Crippen LogP contribution in [-0.4, -0.2) is 34.7 Å². The quantitative estimate of drug-likeness (QED) is 0.655. The van der Waals surface area contributed by atoms with Crippen molar-refractivity contribution in [3.05, 3.63) is 41.7 Å². The molecule has 3 rings (SSSR count). The number of esters is 1. The van der Waals surface area contributed by atoms with E-state index >= 15 is 0 Å². The van der Waals surface area contributed by atoms with Crippen molar-refractivity contribution in [2.45, 2.75) is 13.5 Å². The smallest absolute Gasteiger partial charge is 0.462 e. The normalized spacial score (nSPS) is 12.9. The summed E-state index contributed by atoms with van der Waals surface area (Å²) in [5, 5.41) is 9.66. The molecule has 0 atom stereocenters. The van der Waals surface area contributed by atoms with Crippen LogP contribution in [0.4, 0.5) is 0 Å². The molecule has 8 heteroatoms. The van der Waals surface area contributed by atoms with Crippen LogP contribution in [0.3, 0.4) is 0 Å². The van der Waals surface area contributed by atoms with E-state index in [2.05, 4.69) is 9.97 Å². The maximum Gasteiger partial charge on any atom is 0.491 e. The average Bonchev–Trinajstić information content (AvgIpc) is 2.89. The van der Waals surface area contributed by atoms with E-state index in [1.165, 1.54) is 12.4 Å². The summed E-state index contributed by atoms with van der Waals surface area (Å²) in [7, 11) is -0.939. The minimum Gasteiger partial charge on any atom is -0.462 e. The number of aromatic nitrogens is 2. The van der Waals surface area contributed by atoms with Crippen LogP contribution in [0.15, 0.2) is 30.6 Å². The Kier molecular flexibility index (Phi) is 4.03. The zero-order valence-electron chi connectivity index (χ0n) is 11.9. The van der Waals surface area contributed by atoms with Crippen molar-refractivity contribution in [3.63, 3.8) is 0 Å². The largest absolute Gasteiger partial charge is 0.491 e. The molecule has 0 saturated carbocycles. The second-order valence-corrected chi connectivity index (χ2v) is 4.60. The molecule has 0 saturated heterocycles. The van der Waals surface area contributed by atoms with Crippen LogP contribution < -0.4 is 10.2 Å². The van der Waals surface area contributed by atoms with E-state index in [0.717, 1.165) is 5.56 Å².